The molecule has 34 heavy (non-hydrogen) atoms. The number of amides is 1. The number of hydrogen-bond acceptors (Lipinski definition) is 6. The molecule has 9 heteroatoms. The molecule has 0 N–H and O–H groups in total. The highest BCUT2D eigenvalue weighted by Crippen LogP contribution is 2.27. The highest BCUT2D eigenvalue weighted by atomic mass is 35.5. The first-order valence-corrected chi connectivity index (χ1v) is 12.4. The van der Waals surface area contributed by atoms with Crippen molar-refractivity contribution in [1.82, 2.24) is 19.9 Å². The fourth-order valence-corrected chi connectivity index (χ4v) is 5.12. The summed E-state index contributed by atoms with van der Waals surface area (Å²) in [6.45, 7) is 5.41. The lowest BCUT2D eigenvalue weighted by Crippen LogP contribution is -2.51. The van der Waals surface area contributed by atoms with Crippen molar-refractivity contribution in [3.05, 3.63) is 64.5 Å². The van der Waals surface area contributed by atoms with Crippen molar-refractivity contribution in [3.63, 3.8) is 0 Å². The monoisotopic (exact) mass is 499 g/mol. The molecule has 7 nitrogen and oxygen atoms in total. The van der Waals surface area contributed by atoms with E-state index in [9.17, 15) is 4.79 Å². The number of piperazine rings is 1. The minimum atomic E-state index is 0.0790. The molecule has 0 spiro atoms. The quantitative estimate of drug-likeness (QED) is 0.510. The Morgan fingerprint density at radius 3 is 2.47 bits per heavy atom. The van der Waals surface area contributed by atoms with Crippen LogP contribution in [0.2, 0.25) is 10.0 Å². The second-order valence-corrected chi connectivity index (χ2v) is 9.68. The van der Waals surface area contributed by atoms with Gasteiger partial charge in [-0.1, -0.05) is 46.6 Å². The van der Waals surface area contributed by atoms with Crippen LogP contribution in [0.25, 0.3) is 11.4 Å². The van der Waals surface area contributed by atoms with Crippen molar-refractivity contribution in [2.45, 2.75) is 19.4 Å². The lowest BCUT2D eigenvalue weighted by Gasteiger charge is -2.39. The third-order valence-electron chi connectivity index (χ3n) is 6.64. The molecular formula is C25H27Cl2N5O2. The van der Waals surface area contributed by atoms with E-state index in [0.29, 0.717) is 23.3 Å². The summed E-state index contributed by atoms with van der Waals surface area (Å²) in [6, 6.07) is 15.4. The number of piperidine rings is 1. The summed E-state index contributed by atoms with van der Waals surface area (Å²) in [7, 11) is 0. The maximum absolute atomic E-state index is 13.1. The lowest BCUT2D eigenvalue weighted by molar-refractivity contribution is -0.137. The van der Waals surface area contributed by atoms with Crippen molar-refractivity contribution in [2.75, 3.05) is 44.2 Å². The molecule has 2 fully saturated rings. The number of aromatic nitrogens is 2. The Morgan fingerprint density at radius 2 is 1.74 bits per heavy atom. The van der Waals surface area contributed by atoms with Crippen molar-refractivity contribution in [2.24, 2.45) is 5.92 Å². The van der Waals surface area contributed by atoms with E-state index in [-0.39, 0.29) is 11.8 Å². The van der Waals surface area contributed by atoms with Crippen LogP contribution in [0.15, 0.2) is 53.1 Å². The van der Waals surface area contributed by atoms with Gasteiger partial charge in [0.05, 0.1) is 11.6 Å². The molecule has 1 aromatic heterocycles. The fraction of sp³-hybridized carbons (Fsp3) is 0.400. The summed E-state index contributed by atoms with van der Waals surface area (Å²) in [5.74, 6) is 1.43. The predicted octanol–water partition coefficient (Wildman–Crippen LogP) is 4.60. The van der Waals surface area contributed by atoms with Crippen LogP contribution in [-0.4, -0.2) is 65.1 Å². The second-order valence-electron chi connectivity index (χ2n) is 8.83. The molecule has 0 bridgehead atoms. The Kier molecular flexibility index (Phi) is 7.04. The van der Waals surface area contributed by atoms with Crippen molar-refractivity contribution in [3.8, 4) is 11.4 Å². The van der Waals surface area contributed by atoms with E-state index in [1.165, 1.54) is 0 Å². The average molecular weight is 500 g/mol. The largest absolute Gasteiger partial charge is 0.368 e. The number of rotatable bonds is 5. The average Bonchev–Trinajstić information content (AvgIpc) is 3.32. The van der Waals surface area contributed by atoms with Crippen LogP contribution in [0, 0.1) is 5.92 Å². The van der Waals surface area contributed by atoms with Gasteiger partial charge in [-0.3, -0.25) is 9.69 Å². The second kappa shape index (κ2) is 10.3. The van der Waals surface area contributed by atoms with Gasteiger partial charge in [-0.25, -0.2) is 0 Å². The van der Waals surface area contributed by atoms with Gasteiger partial charge in [-0.05, 0) is 56.3 Å². The van der Waals surface area contributed by atoms with Crippen LogP contribution >= 0.6 is 23.2 Å². The first-order chi connectivity index (χ1) is 16.6. The number of benzene rings is 2. The smallest absolute Gasteiger partial charge is 0.241 e. The third kappa shape index (κ3) is 5.22. The van der Waals surface area contributed by atoms with Gasteiger partial charge >= 0.3 is 0 Å². The Labute approximate surface area is 209 Å². The van der Waals surface area contributed by atoms with Gasteiger partial charge in [0.2, 0.25) is 17.6 Å². The molecule has 2 aliphatic heterocycles. The Balaban J connectivity index is 1.10. The number of halogens is 2. The topological polar surface area (TPSA) is 65.7 Å². The van der Waals surface area contributed by atoms with Crippen molar-refractivity contribution in [1.29, 1.82) is 0 Å². The Bertz CT molecular complexity index is 1140. The highest BCUT2D eigenvalue weighted by molar-refractivity contribution is 6.33. The van der Waals surface area contributed by atoms with Crippen molar-refractivity contribution < 1.29 is 9.32 Å². The molecule has 1 amide bonds. The minimum absolute atomic E-state index is 0.0790. The van der Waals surface area contributed by atoms with Gasteiger partial charge in [0.25, 0.3) is 0 Å². The third-order valence-corrected chi connectivity index (χ3v) is 7.21. The van der Waals surface area contributed by atoms with E-state index in [0.717, 1.165) is 68.4 Å². The summed E-state index contributed by atoms with van der Waals surface area (Å²) in [5.41, 5.74) is 1.88. The molecule has 0 radical (unpaired) electrons. The SMILES string of the molecule is O=C(C1CCN(Cc2nc(-c3ccccc3Cl)no2)CC1)N1CCN(c2cccc(Cl)c2)CC1. The van der Waals surface area contributed by atoms with Gasteiger partial charge in [0.15, 0.2) is 0 Å². The Hall–Kier alpha value is -2.61. The zero-order chi connectivity index (χ0) is 23.5. The van der Waals surface area contributed by atoms with Crippen LogP contribution < -0.4 is 4.90 Å². The summed E-state index contributed by atoms with van der Waals surface area (Å²) < 4.78 is 5.45. The molecule has 0 unspecified atom stereocenters. The molecule has 2 aromatic carbocycles. The number of carbonyl (C=O) groups excluding carboxylic acids is 1. The molecule has 0 atom stereocenters. The van der Waals surface area contributed by atoms with E-state index in [4.69, 9.17) is 27.7 Å². The summed E-state index contributed by atoms with van der Waals surface area (Å²) in [6.07, 6.45) is 1.69. The van der Waals surface area contributed by atoms with E-state index < -0.39 is 0 Å². The maximum atomic E-state index is 13.1. The summed E-state index contributed by atoms with van der Waals surface area (Å²) >= 11 is 12.4. The van der Waals surface area contributed by atoms with E-state index in [1.807, 2.05) is 47.4 Å². The highest BCUT2D eigenvalue weighted by Gasteiger charge is 2.31. The Morgan fingerprint density at radius 1 is 0.971 bits per heavy atom. The van der Waals surface area contributed by atoms with Gasteiger partial charge in [-0.15, -0.1) is 0 Å². The number of carbonyl (C=O) groups is 1. The molecule has 2 aliphatic rings. The standard InChI is InChI=1S/C25H27Cl2N5O2/c26-19-4-3-5-20(16-19)31-12-14-32(15-13-31)25(33)18-8-10-30(11-9-18)17-23-28-24(29-34-23)21-6-1-2-7-22(21)27/h1-7,16,18H,8-15,17H2. The first-order valence-electron chi connectivity index (χ1n) is 11.7. The molecule has 3 aromatic rings. The lowest BCUT2D eigenvalue weighted by atomic mass is 9.95. The number of likely N-dealkylation sites (tertiary alicyclic amines) is 1. The van der Waals surface area contributed by atoms with Gasteiger partial charge in [-0.2, -0.15) is 4.98 Å². The molecule has 178 valence electrons. The van der Waals surface area contributed by atoms with Gasteiger partial charge in [0.1, 0.15) is 0 Å². The number of hydrogen-bond donors (Lipinski definition) is 0. The van der Waals surface area contributed by atoms with Crippen LogP contribution in [-0.2, 0) is 11.3 Å². The summed E-state index contributed by atoms with van der Waals surface area (Å²) in [5, 5.41) is 5.42. The fourth-order valence-electron chi connectivity index (χ4n) is 4.72. The van der Waals surface area contributed by atoms with Crippen LogP contribution in [0.3, 0.4) is 0 Å². The van der Waals surface area contributed by atoms with Crippen LogP contribution in [0.5, 0.6) is 0 Å². The molecular weight excluding hydrogens is 473 g/mol. The first kappa shape index (κ1) is 23.1. The zero-order valence-corrected chi connectivity index (χ0v) is 20.4. The maximum Gasteiger partial charge on any atom is 0.241 e. The molecule has 2 saturated heterocycles. The molecule has 5 rings (SSSR count). The molecule has 0 saturated carbocycles. The van der Waals surface area contributed by atoms with Gasteiger partial charge in [0, 0.05) is 48.4 Å². The zero-order valence-electron chi connectivity index (χ0n) is 18.9. The minimum Gasteiger partial charge on any atom is -0.368 e. The number of anilines is 1. The van der Waals surface area contributed by atoms with Crippen LogP contribution in [0.1, 0.15) is 18.7 Å². The predicted molar refractivity (Wildman–Crippen MR) is 133 cm³/mol. The van der Waals surface area contributed by atoms with E-state index >= 15 is 0 Å². The number of nitrogens with zero attached hydrogens (tertiary/aromatic N) is 5. The molecule has 0 aliphatic carbocycles. The van der Waals surface area contributed by atoms with Crippen molar-refractivity contribution >= 4 is 34.8 Å². The van der Waals surface area contributed by atoms with Crippen LogP contribution in [0.4, 0.5) is 5.69 Å². The van der Waals surface area contributed by atoms with Gasteiger partial charge < -0.3 is 14.3 Å². The summed E-state index contributed by atoms with van der Waals surface area (Å²) in [4.78, 5) is 24.2. The molecule has 3 heterocycles. The van der Waals surface area contributed by atoms with E-state index in [1.54, 1.807) is 0 Å². The normalized spacial score (nSPS) is 17.8. The van der Waals surface area contributed by atoms with E-state index in [2.05, 4.69) is 26.0 Å².